The fourth-order valence-electron chi connectivity index (χ4n) is 4.11. The van der Waals surface area contributed by atoms with Crippen LogP contribution in [0.25, 0.3) is 0 Å². The molecule has 0 saturated carbocycles. The van der Waals surface area contributed by atoms with Crippen LogP contribution in [0.3, 0.4) is 0 Å². The maximum Gasteiger partial charge on any atom is 0.258 e. The molecule has 0 unspecified atom stereocenters. The zero-order valence-corrected chi connectivity index (χ0v) is 21.6. The van der Waals surface area contributed by atoms with Crippen LogP contribution in [0, 0.1) is 0 Å². The second kappa shape index (κ2) is 13.7. The van der Waals surface area contributed by atoms with Crippen LogP contribution >= 0.6 is 0 Å². The smallest absolute Gasteiger partial charge is 0.258 e. The molecule has 2 N–H and O–H groups in total. The number of para-hydroxylation sites is 3. The van der Waals surface area contributed by atoms with E-state index in [0.29, 0.717) is 30.2 Å². The van der Waals surface area contributed by atoms with Gasteiger partial charge in [-0.25, -0.2) is 0 Å². The Hall–Kier alpha value is -4.58. The minimum Gasteiger partial charge on any atom is -0.491 e. The average Bonchev–Trinajstić information content (AvgIpc) is 2.97. The van der Waals surface area contributed by atoms with Crippen LogP contribution in [0.1, 0.15) is 29.3 Å². The van der Waals surface area contributed by atoms with Gasteiger partial charge in [0.1, 0.15) is 5.75 Å². The Kier molecular flexibility index (Phi) is 9.51. The van der Waals surface area contributed by atoms with E-state index in [9.17, 15) is 9.59 Å². The van der Waals surface area contributed by atoms with Crippen molar-refractivity contribution in [3.63, 3.8) is 0 Å². The average molecular weight is 508 g/mol. The lowest BCUT2D eigenvalue weighted by Crippen LogP contribution is -2.30. The summed E-state index contributed by atoms with van der Waals surface area (Å²) in [7, 11) is 0. The quantitative estimate of drug-likeness (QED) is 0.217. The summed E-state index contributed by atoms with van der Waals surface area (Å²) in [5.74, 6) is 0.394. The molecule has 6 nitrogen and oxygen atoms in total. The topological polar surface area (TPSA) is 70.7 Å². The molecule has 2 amide bonds. The summed E-state index contributed by atoms with van der Waals surface area (Å²) in [5, 5.41) is 6.04. The van der Waals surface area contributed by atoms with Gasteiger partial charge >= 0.3 is 0 Å². The van der Waals surface area contributed by atoms with Gasteiger partial charge in [-0.1, -0.05) is 60.7 Å². The van der Waals surface area contributed by atoms with Crippen LogP contribution in [0.5, 0.6) is 5.75 Å². The fourth-order valence-corrected chi connectivity index (χ4v) is 4.11. The Morgan fingerprint density at radius 1 is 0.789 bits per heavy atom. The van der Waals surface area contributed by atoms with E-state index >= 15 is 0 Å². The number of aryl methyl sites for hydroxylation is 1. The van der Waals surface area contributed by atoms with Crippen LogP contribution in [0.4, 0.5) is 17.1 Å². The molecule has 0 fully saturated rings. The van der Waals surface area contributed by atoms with E-state index in [1.165, 1.54) is 5.56 Å². The lowest BCUT2D eigenvalue weighted by Gasteiger charge is -2.21. The summed E-state index contributed by atoms with van der Waals surface area (Å²) in [6.45, 7) is 3.17. The number of ether oxygens (including phenoxy) is 1. The van der Waals surface area contributed by atoms with Crippen LogP contribution in [0.2, 0.25) is 0 Å². The van der Waals surface area contributed by atoms with E-state index < -0.39 is 0 Å². The molecule has 0 bridgehead atoms. The summed E-state index contributed by atoms with van der Waals surface area (Å²) >= 11 is 0. The normalized spacial score (nSPS) is 10.4. The molecular formula is C32H33N3O3. The molecule has 194 valence electrons. The van der Waals surface area contributed by atoms with Crippen LogP contribution in [0.15, 0.2) is 109 Å². The van der Waals surface area contributed by atoms with E-state index in [-0.39, 0.29) is 18.4 Å². The van der Waals surface area contributed by atoms with Gasteiger partial charge in [-0.15, -0.1) is 0 Å². The first kappa shape index (κ1) is 26.5. The summed E-state index contributed by atoms with van der Waals surface area (Å²) in [5.41, 5.74) is 4.12. The number of hydrogen-bond acceptors (Lipinski definition) is 4. The van der Waals surface area contributed by atoms with E-state index in [1.54, 1.807) is 17.0 Å². The highest BCUT2D eigenvalue weighted by Gasteiger charge is 2.16. The first-order valence-corrected chi connectivity index (χ1v) is 12.9. The van der Waals surface area contributed by atoms with Crippen molar-refractivity contribution in [1.29, 1.82) is 0 Å². The van der Waals surface area contributed by atoms with Gasteiger partial charge in [-0.2, -0.15) is 0 Å². The van der Waals surface area contributed by atoms with Crippen LogP contribution < -0.4 is 20.3 Å². The Balaban J connectivity index is 1.26. The summed E-state index contributed by atoms with van der Waals surface area (Å²) < 4.78 is 5.95. The second-order valence-corrected chi connectivity index (χ2v) is 8.80. The van der Waals surface area contributed by atoms with Crippen LogP contribution in [-0.4, -0.2) is 31.5 Å². The van der Waals surface area contributed by atoms with Crippen molar-refractivity contribution >= 4 is 28.9 Å². The minimum absolute atomic E-state index is 0.0663. The predicted molar refractivity (Wildman–Crippen MR) is 154 cm³/mol. The Morgan fingerprint density at radius 2 is 1.45 bits per heavy atom. The molecule has 0 aliphatic rings. The number of hydrogen-bond donors (Lipinski definition) is 2. The Morgan fingerprint density at radius 3 is 2.16 bits per heavy atom. The Bertz CT molecular complexity index is 1310. The monoisotopic (exact) mass is 507 g/mol. The van der Waals surface area contributed by atoms with Gasteiger partial charge in [-0.05, 0) is 73.9 Å². The van der Waals surface area contributed by atoms with Crippen molar-refractivity contribution < 1.29 is 14.3 Å². The summed E-state index contributed by atoms with van der Waals surface area (Å²) in [6.07, 6.45) is 1.82. The van der Waals surface area contributed by atoms with Crippen molar-refractivity contribution in [3.05, 3.63) is 120 Å². The number of carbonyl (C=O) groups is 2. The number of amides is 2. The van der Waals surface area contributed by atoms with Crippen molar-refractivity contribution in [2.45, 2.75) is 19.8 Å². The van der Waals surface area contributed by atoms with Crippen molar-refractivity contribution in [3.8, 4) is 5.75 Å². The number of benzene rings is 4. The highest BCUT2D eigenvalue weighted by atomic mass is 16.5. The first-order chi connectivity index (χ1) is 18.6. The number of nitrogens with one attached hydrogen (secondary N) is 2. The maximum atomic E-state index is 13.0. The third-order valence-corrected chi connectivity index (χ3v) is 6.09. The molecule has 0 aliphatic carbocycles. The van der Waals surface area contributed by atoms with E-state index in [0.717, 1.165) is 24.2 Å². The molecule has 6 heteroatoms. The zero-order chi connectivity index (χ0) is 26.6. The highest BCUT2D eigenvalue weighted by Crippen LogP contribution is 2.24. The van der Waals surface area contributed by atoms with Crippen molar-refractivity contribution in [2.24, 2.45) is 0 Å². The molecule has 4 aromatic rings. The molecule has 0 aliphatic heterocycles. The maximum absolute atomic E-state index is 13.0. The van der Waals surface area contributed by atoms with Gasteiger partial charge in [0.25, 0.3) is 5.91 Å². The SMILES string of the molecule is CCN(C(=O)c1ccc(NCC(=O)Nc2ccccc2OCCCc2ccccc2)cc1)c1ccccc1. The molecule has 0 saturated heterocycles. The standard InChI is InChI=1S/C32H33N3O3/c1-2-35(28-15-7-4-8-16-28)32(37)26-19-21-27(22-20-26)33-24-31(36)34-29-17-9-10-18-30(29)38-23-11-14-25-12-5-3-6-13-25/h3-10,12-13,15-22,33H,2,11,14,23-24H2,1H3,(H,34,36). The lowest BCUT2D eigenvalue weighted by molar-refractivity contribution is -0.114. The van der Waals surface area contributed by atoms with E-state index in [4.69, 9.17) is 4.74 Å². The largest absolute Gasteiger partial charge is 0.491 e. The number of nitrogens with zero attached hydrogens (tertiary/aromatic N) is 1. The number of anilines is 3. The number of carbonyl (C=O) groups excluding carboxylic acids is 2. The van der Waals surface area contributed by atoms with Gasteiger partial charge < -0.3 is 20.3 Å². The van der Waals surface area contributed by atoms with Gasteiger partial charge in [0.15, 0.2) is 0 Å². The highest BCUT2D eigenvalue weighted by molar-refractivity contribution is 6.06. The van der Waals surface area contributed by atoms with Gasteiger partial charge in [-0.3, -0.25) is 9.59 Å². The third kappa shape index (κ3) is 7.46. The molecule has 0 spiro atoms. The van der Waals surface area contributed by atoms with Crippen molar-refractivity contribution in [2.75, 3.05) is 35.2 Å². The van der Waals surface area contributed by atoms with Gasteiger partial charge in [0.05, 0.1) is 18.8 Å². The van der Waals surface area contributed by atoms with Crippen molar-refractivity contribution in [1.82, 2.24) is 0 Å². The molecule has 4 aromatic carbocycles. The molecule has 0 atom stereocenters. The van der Waals surface area contributed by atoms with Gasteiger partial charge in [0, 0.05) is 23.5 Å². The lowest BCUT2D eigenvalue weighted by atomic mass is 10.1. The second-order valence-electron chi connectivity index (χ2n) is 8.80. The third-order valence-electron chi connectivity index (χ3n) is 6.09. The first-order valence-electron chi connectivity index (χ1n) is 12.9. The fraction of sp³-hybridized carbons (Fsp3) is 0.188. The van der Waals surface area contributed by atoms with Gasteiger partial charge in [0.2, 0.25) is 5.91 Å². The molecular weight excluding hydrogens is 474 g/mol. The zero-order valence-electron chi connectivity index (χ0n) is 21.6. The minimum atomic E-state index is -0.188. The molecule has 38 heavy (non-hydrogen) atoms. The molecule has 4 rings (SSSR count). The molecule has 0 heterocycles. The Labute approximate surface area is 224 Å². The molecule has 0 aromatic heterocycles. The van der Waals surface area contributed by atoms with Crippen LogP contribution in [-0.2, 0) is 11.2 Å². The van der Waals surface area contributed by atoms with E-state index in [2.05, 4.69) is 22.8 Å². The number of rotatable bonds is 12. The summed E-state index contributed by atoms with van der Waals surface area (Å²) in [4.78, 5) is 27.3. The molecule has 0 radical (unpaired) electrons. The summed E-state index contributed by atoms with van der Waals surface area (Å²) in [6, 6.07) is 34.5. The predicted octanol–water partition coefficient (Wildman–Crippen LogP) is 6.42. The van der Waals surface area contributed by atoms with E-state index in [1.807, 2.05) is 91.9 Å².